The van der Waals surface area contributed by atoms with Gasteiger partial charge in [0, 0.05) is 18.7 Å². The van der Waals surface area contributed by atoms with Crippen LogP contribution >= 0.6 is 49.2 Å². The standard InChI is InChI=1S/C7H2BrClINO2S/c8-5-2-6(10)4(3-11)1-7(5)14(9,12)13/h1-2H. The first kappa shape index (κ1) is 12.2. The topological polar surface area (TPSA) is 57.9 Å². The molecule has 14 heavy (non-hydrogen) atoms. The summed E-state index contributed by atoms with van der Waals surface area (Å²) >= 11 is 5.01. The minimum atomic E-state index is -3.81. The summed E-state index contributed by atoms with van der Waals surface area (Å²) in [5.41, 5.74) is 0.285. The molecule has 0 heterocycles. The molecular weight excluding hydrogens is 404 g/mol. The van der Waals surface area contributed by atoms with E-state index in [0.717, 1.165) is 0 Å². The molecule has 0 saturated carbocycles. The zero-order valence-electron chi connectivity index (χ0n) is 6.46. The van der Waals surface area contributed by atoms with E-state index in [-0.39, 0.29) is 10.5 Å². The number of hydrogen-bond donors (Lipinski definition) is 0. The second-order valence-corrected chi connectivity index (χ2v) is 6.86. The maximum atomic E-state index is 11.1. The summed E-state index contributed by atoms with van der Waals surface area (Å²) < 4.78 is 23.1. The third-order valence-corrected chi connectivity index (χ3v) is 4.58. The summed E-state index contributed by atoms with van der Waals surface area (Å²) in [6.07, 6.45) is 0. The first-order chi connectivity index (χ1) is 6.36. The third-order valence-electron chi connectivity index (χ3n) is 1.40. The molecule has 0 bridgehead atoms. The molecule has 1 aromatic rings. The molecule has 1 rings (SSSR count). The van der Waals surface area contributed by atoms with E-state index < -0.39 is 9.05 Å². The Morgan fingerprint density at radius 1 is 1.50 bits per heavy atom. The van der Waals surface area contributed by atoms with Crippen LogP contribution in [0, 0.1) is 14.9 Å². The van der Waals surface area contributed by atoms with Crippen molar-refractivity contribution in [2.45, 2.75) is 4.90 Å². The average Bonchev–Trinajstić information content (AvgIpc) is 2.02. The molecule has 0 spiro atoms. The van der Waals surface area contributed by atoms with Gasteiger partial charge in [0.1, 0.15) is 6.07 Å². The largest absolute Gasteiger partial charge is 0.262 e. The highest BCUT2D eigenvalue weighted by molar-refractivity contribution is 14.1. The predicted octanol–water partition coefficient (Wildman–Crippen LogP) is 2.85. The van der Waals surface area contributed by atoms with Crippen molar-refractivity contribution in [3.05, 3.63) is 25.7 Å². The van der Waals surface area contributed by atoms with Gasteiger partial charge in [0.15, 0.2) is 0 Å². The van der Waals surface area contributed by atoms with Gasteiger partial charge in [-0.15, -0.1) is 0 Å². The quantitative estimate of drug-likeness (QED) is 0.532. The molecule has 0 unspecified atom stereocenters. The highest BCUT2D eigenvalue weighted by Gasteiger charge is 2.16. The number of rotatable bonds is 1. The van der Waals surface area contributed by atoms with Gasteiger partial charge in [-0.05, 0) is 50.7 Å². The molecule has 0 aliphatic heterocycles. The monoisotopic (exact) mass is 405 g/mol. The van der Waals surface area contributed by atoms with E-state index in [4.69, 9.17) is 15.9 Å². The van der Waals surface area contributed by atoms with Crippen LogP contribution in [0.5, 0.6) is 0 Å². The van der Waals surface area contributed by atoms with Gasteiger partial charge in [0.2, 0.25) is 0 Å². The Morgan fingerprint density at radius 2 is 2.07 bits per heavy atom. The lowest BCUT2D eigenvalue weighted by molar-refractivity contribution is 0.609. The molecule has 74 valence electrons. The van der Waals surface area contributed by atoms with Crippen molar-refractivity contribution in [3.63, 3.8) is 0 Å². The van der Waals surface area contributed by atoms with Gasteiger partial charge in [-0.1, -0.05) is 0 Å². The van der Waals surface area contributed by atoms with Crippen molar-refractivity contribution in [3.8, 4) is 6.07 Å². The minimum absolute atomic E-state index is 0.0869. The van der Waals surface area contributed by atoms with E-state index in [1.54, 1.807) is 0 Å². The molecule has 0 fully saturated rings. The number of benzene rings is 1. The van der Waals surface area contributed by atoms with Crippen LogP contribution in [-0.2, 0) is 9.05 Å². The number of nitrogens with zero attached hydrogens (tertiary/aromatic N) is 1. The van der Waals surface area contributed by atoms with Crippen molar-refractivity contribution in [1.82, 2.24) is 0 Å². The summed E-state index contributed by atoms with van der Waals surface area (Å²) in [7, 11) is 1.36. The van der Waals surface area contributed by atoms with E-state index in [2.05, 4.69) is 15.9 Å². The highest BCUT2D eigenvalue weighted by atomic mass is 127. The lowest BCUT2D eigenvalue weighted by atomic mass is 10.2. The first-order valence-electron chi connectivity index (χ1n) is 3.20. The zero-order chi connectivity index (χ0) is 10.9. The van der Waals surface area contributed by atoms with Gasteiger partial charge < -0.3 is 0 Å². The van der Waals surface area contributed by atoms with E-state index in [9.17, 15) is 8.42 Å². The van der Waals surface area contributed by atoms with Crippen molar-refractivity contribution >= 4 is 58.3 Å². The Balaban J connectivity index is 3.58. The lowest BCUT2D eigenvalue weighted by Crippen LogP contribution is -1.95. The highest BCUT2D eigenvalue weighted by Crippen LogP contribution is 2.28. The summed E-state index contributed by atoms with van der Waals surface area (Å²) in [6, 6.07) is 4.66. The molecule has 3 nitrogen and oxygen atoms in total. The van der Waals surface area contributed by atoms with Crippen molar-refractivity contribution in [1.29, 1.82) is 5.26 Å². The van der Waals surface area contributed by atoms with Crippen LogP contribution in [0.2, 0.25) is 0 Å². The minimum Gasteiger partial charge on any atom is -0.207 e. The van der Waals surface area contributed by atoms with E-state index in [1.165, 1.54) is 12.1 Å². The van der Waals surface area contributed by atoms with Gasteiger partial charge in [0.05, 0.1) is 10.5 Å². The molecular formula is C7H2BrClINO2S. The van der Waals surface area contributed by atoms with Gasteiger partial charge in [-0.3, -0.25) is 0 Å². The predicted molar refractivity (Wildman–Crippen MR) is 64.6 cm³/mol. The molecule has 0 saturated heterocycles. The molecule has 7 heteroatoms. The fourth-order valence-electron chi connectivity index (χ4n) is 0.802. The fraction of sp³-hybridized carbons (Fsp3) is 0. The van der Waals surface area contributed by atoms with Crippen molar-refractivity contribution < 1.29 is 8.42 Å². The molecule has 0 radical (unpaired) electrons. The number of halogens is 3. The Kier molecular flexibility index (Phi) is 3.80. The van der Waals surface area contributed by atoms with Crippen molar-refractivity contribution in [2.24, 2.45) is 0 Å². The summed E-state index contributed by atoms with van der Waals surface area (Å²) in [5, 5.41) is 8.69. The molecule has 0 aliphatic carbocycles. The lowest BCUT2D eigenvalue weighted by Gasteiger charge is -2.02. The first-order valence-corrected chi connectivity index (χ1v) is 7.38. The zero-order valence-corrected chi connectivity index (χ0v) is 11.8. The Labute approximate surface area is 108 Å². The summed E-state index contributed by atoms with van der Waals surface area (Å²) in [4.78, 5) is -0.0869. The summed E-state index contributed by atoms with van der Waals surface area (Å²) in [5.74, 6) is 0. The normalized spacial score (nSPS) is 11.0. The fourth-order valence-corrected chi connectivity index (χ4v) is 4.01. The van der Waals surface area contributed by atoms with Gasteiger partial charge in [-0.25, -0.2) is 8.42 Å². The molecule has 0 aliphatic rings. The van der Waals surface area contributed by atoms with Gasteiger partial charge in [-0.2, -0.15) is 5.26 Å². The molecule has 0 N–H and O–H groups in total. The van der Waals surface area contributed by atoms with E-state index >= 15 is 0 Å². The Bertz CT molecular complexity index is 523. The molecule has 0 atom stereocenters. The van der Waals surface area contributed by atoms with Crippen LogP contribution in [0.3, 0.4) is 0 Å². The smallest absolute Gasteiger partial charge is 0.207 e. The average molecular weight is 406 g/mol. The van der Waals surface area contributed by atoms with Crippen LogP contribution in [0.4, 0.5) is 0 Å². The number of hydrogen-bond acceptors (Lipinski definition) is 3. The van der Waals surface area contributed by atoms with Crippen LogP contribution < -0.4 is 0 Å². The maximum absolute atomic E-state index is 11.1. The van der Waals surface area contributed by atoms with Crippen LogP contribution in [0.1, 0.15) is 5.56 Å². The second-order valence-electron chi connectivity index (χ2n) is 2.31. The Morgan fingerprint density at radius 3 is 2.50 bits per heavy atom. The summed E-state index contributed by atoms with van der Waals surface area (Å²) in [6.45, 7) is 0. The van der Waals surface area contributed by atoms with Gasteiger partial charge in [0.25, 0.3) is 9.05 Å². The maximum Gasteiger partial charge on any atom is 0.262 e. The second kappa shape index (κ2) is 4.35. The van der Waals surface area contributed by atoms with Crippen LogP contribution in [0.15, 0.2) is 21.5 Å². The van der Waals surface area contributed by atoms with Crippen LogP contribution in [0.25, 0.3) is 0 Å². The number of nitriles is 1. The van der Waals surface area contributed by atoms with E-state index in [1.807, 2.05) is 28.7 Å². The molecule has 0 aromatic heterocycles. The third kappa shape index (κ3) is 2.59. The van der Waals surface area contributed by atoms with Crippen molar-refractivity contribution in [2.75, 3.05) is 0 Å². The SMILES string of the molecule is N#Cc1cc(S(=O)(=O)Cl)c(Br)cc1I. The van der Waals surface area contributed by atoms with Gasteiger partial charge >= 0.3 is 0 Å². The Hall–Kier alpha value is 0.160. The molecule has 0 amide bonds. The van der Waals surface area contributed by atoms with Crippen LogP contribution in [-0.4, -0.2) is 8.42 Å². The van der Waals surface area contributed by atoms with E-state index in [0.29, 0.717) is 8.04 Å². The molecule has 1 aromatic carbocycles.